The summed E-state index contributed by atoms with van der Waals surface area (Å²) in [6, 6.07) is 17.0. The van der Waals surface area contributed by atoms with Crippen LogP contribution in [-0.4, -0.2) is 43.4 Å². The van der Waals surface area contributed by atoms with Crippen LogP contribution < -0.4 is 4.74 Å². The smallest absolute Gasteiger partial charge is 0.257 e. The van der Waals surface area contributed by atoms with Gasteiger partial charge in [0.1, 0.15) is 11.5 Å². The van der Waals surface area contributed by atoms with E-state index >= 15 is 0 Å². The fraction of sp³-hybridized carbons (Fsp3) is 0.381. The summed E-state index contributed by atoms with van der Waals surface area (Å²) in [7, 11) is 0. The standard InChI is InChI=1S/C21H23NO4/c23-20(22-12-10-16(11-13-22)21-24-14-15-25-21)18-8-4-5-9-19(18)26-17-6-2-1-3-7-17/h1-9,16,21H,10-15H2. The highest BCUT2D eigenvalue weighted by molar-refractivity contribution is 5.97. The quantitative estimate of drug-likeness (QED) is 0.841. The Labute approximate surface area is 153 Å². The van der Waals surface area contributed by atoms with Gasteiger partial charge in [-0.1, -0.05) is 30.3 Å². The van der Waals surface area contributed by atoms with E-state index in [0.717, 1.165) is 18.6 Å². The maximum absolute atomic E-state index is 13.0. The number of carbonyl (C=O) groups is 1. The van der Waals surface area contributed by atoms with E-state index in [-0.39, 0.29) is 12.2 Å². The van der Waals surface area contributed by atoms with Crippen LogP contribution in [0.1, 0.15) is 23.2 Å². The highest BCUT2D eigenvalue weighted by Gasteiger charge is 2.32. The maximum atomic E-state index is 13.0. The van der Waals surface area contributed by atoms with Crippen molar-refractivity contribution in [2.45, 2.75) is 19.1 Å². The summed E-state index contributed by atoms with van der Waals surface area (Å²) in [5.74, 6) is 1.70. The van der Waals surface area contributed by atoms with Crippen molar-refractivity contribution >= 4 is 5.91 Å². The zero-order valence-electron chi connectivity index (χ0n) is 14.7. The van der Waals surface area contributed by atoms with E-state index in [1.807, 2.05) is 59.5 Å². The molecule has 0 N–H and O–H groups in total. The predicted octanol–water partition coefficient (Wildman–Crippen LogP) is 3.70. The van der Waals surface area contributed by atoms with Crippen LogP contribution in [0.15, 0.2) is 54.6 Å². The van der Waals surface area contributed by atoms with Crippen LogP contribution in [0.25, 0.3) is 0 Å². The molecule has 2 heterocycles. The fourth-order valence-electron chi connectivity index (χ4n) is 3.54. The van der Waals surface area contributed by atoms with E-state index in [4.69, 9.17) is 14.2 Å². The average molecular weight is 353 g/mol. The van der Waals surface area contributed by atoms with Crippen molar-refractivity contribution in [3.05, 3.63) is 60.2 Å². The lowest BCUT2D eigenvalue weighted by Gasteiger charge is -2.34. The van der Waals surface area contributed by atoms with E-state index in [2.05, 4.69) is 0 Å². The number of carbonyl (C=O) groups excluding carboxylic acids is 1. The van der Waals surface area contributed by atoms with Gasteiger partial charge in [0, 0.05) is 19.0 Å². The molecule has 0 bridgehead atoms. The van der Waals surface area contributed by atoms with E-state index in [1.165, 1.54) is 0 Å². The van der Waals surface area contributed by atoms with Crippen LogP contribution in [0.4, 0.5) is 0 Å². The molecule has 26 heavy (non-hydrogen) atoms. The topological polar surface area (TPSA) is 48.0 Å². The first-order valence-corrected chi connectivity index (χ1v) is 9.16. The molecule has 0 atom stereocenters. The second-order valence-corrected chi connectivity index (χ2v) is 6.65. The maximum Gasteiger partial charge on any atom is 0.257 e. The first-order valence-electron chi connectivity index (χ1n) is 9.16. The van der Waals surface area contributed by atoms with Gasteiger partial charge < -0.3 is 19.1 Å². The minimum atomic E-state index is -0.0963. The normalized spacial score (nSPS) is 18.8. The minimum absolute atomic E-state index is 0.0169. The summed E-state index contributed by atoms with van der Waals surface area (Å²) in [6.07, 6.45) is 1.71. The molecule has 2 aromatic rings. The third kappa shape index (κ3) is 3.74. The van der Waals surface area contributed by atoms with Gasteiger partial charge in [-0.3, -0.25) is 4.79 Å². The molecule has 2 aliphatic heterocycles. The molecule has 4 rings (SSSR count). The molecule has 0 unspecified atom stereocenters. The van der Waals surface area contributed by atoms with Gasteiger partial charge in [-0.05, 0) is 37.1 Å². The lowest BCUT2D eigenvalue weighted by Crippen LogP contribution is -2.41. The van der Waals surface area contributed by atoms with Crippen molar-refractivity contribution in [1.82, 2.24) is 4.90 Å². The number of benzene rings is 2. The van der Waals surface area contributed by atoms with E-state index in [9.17, 15) is 4.79 Å². The Kier molecular flexibility index (Phi) is 5.18. The second-order valence-electron chi connectivity index (χ2n) is 6.65. The molecule has 0 saturated carbocycles. The van der Waals surface area contributed by atoms with Gasteiger partial charge in [0.25, 0.3) is 5.91 Å². The minimum Gasteiger partial charge on any atom is -0.457 e. The summed E-state index contributed by atoms with van der Waals surface area (Å²) in [5, 5.41) is 0. The van der Waals surface area contributed by atoms with Crippen LogP contribution in [0.3, 0.4) is 0 Å². The van der Waals surface area contributed by atoms with Crippen molar-refractivity contribution in [3.8, 4) is 11.5 Å². The van der Waals surface area contributed by atoms with E-state index in [0.29, 0.717) is 43.5 Å². The fourth-order valence-corrected chi connectivity index (χ4v) is 3.54. The van der Waals surface area contributed by atoms with Crippen molar-refractivity contribution in [1.29, 1.82) is 0 Å². The molecule has 0 spiro atoms. The Hall–Kier alpha value is -2.37. The molecule has 2 aromatic carbocycles. The number of ether oxygens (including phenoxy) is 3. The summed E-state index contributed by atoms with van der Waals surface area (Å²) >= 11 is 0. The van der Waals surface area contributed by atoms with Crippen LogP contribution >= 0.6 is 0 Å². The zero-order valence-corrected chi connectivity index (χ0v) is 14.7. The number of hydrogen-bond acceptors (Lipinski definition) is 4. The third-order valence-electron chi connectivity index (χ3n) is 4.95. The van der Waals surface area contributed by atoms with Gasteiger partial charge in [0.2, 0.25) is 0 Å². The summed E-state index contributed by atoms with van der Waals surface area (Å²) in [4.78, 5) is 14.9. The molecule has 1 amide bonds. The Balaban J connectivity index is 1.43. The lowest BCUT2D eigenvalue weighted by atomic mass is 9.95. The average Bonchev–Trinajstić information content (AvgIpc) is 3.24. The highest BCUT2D eigenvalue weighted by Crippen LogP contribution is 2.29. The first-order chi connectivity index (χ1) is 12.8. The molecule has 5 heteroatoms. The molecule has 136 valence electrons. The monoisotopic (exact) mass is 353 g/mol. The largest absolute Gasteiger partial charge is 0.457 e. The molecule has 0 aliphatic carbocycles. The number of likely N-dealkylation sites (tertiary alicyclic amines) is 1. The number of piperidine rings is 1. The number of rotatable bonds is 4. The Morgan fingerprint density at radius 1 is 0.923 bits per heavy atom. The first kappa shape index (κ1) is 17.1. The van der Waals surface area contributed by atoms with Crippen LogP contribution in [0.5, 0.6) is 11.5 Å². The predicted molar refractivity (Wildman–Crippen MR) is 97.3 cm³/mol. The summed E-state index contributed by atoms with van der Waals surface area (Å²) < 4.78 is 17.2. The lowest BCUT2D eigenvalue weighted by molar-refractivity contribution is -0.0956. The Morgan fingerprint density at radius 3 is 2.31 bits per heavy atom. The van der Waals surface area contributed by atoms with Gasteiger partial charge in [-0.15, -0.1) is 0 Å². The second kappa shape index (κ2) is 7.89. The van der Waals surface area contributed by atoms with Crippen molar-refractivity contribution < 1.29 is 19.0 Å². The third-order valence-corrected chi connectivity index (χ3v) is 4.95. The number of amides is 1. The molecule has 0 radical (unpaired) electrons. The van der Waals surface area contributed by atoms with Gasteiger partial charge in [0.15, 0.2) is 6.29 Å². The van der Waals surface area contributed by atoms with Crippen molar-refractivity contribution in [2.24, 2.45) is 5.92 Å². The molecule has 2 saturated heterocycles. The summed E-state index contributed by atoms with van der Waals surface area (Å²) in [6.45, 7) is 2.78. The molecule has 2 aliphatic rings. The van der Waals surface area contributed by atoms with Crippen LogP contribution in [0, 0.1) is 5.92 Å². The van der Waals surface area contributed by atoms with Gasteiger partial charge in [0.05, 0.1) is 18.8 Å². The van der Waals surface area contributed by atoms with Gasteiger partial charge in [-0.25, -0.2) is 0 Å². The Bertz CT molecular complexity index is 735. The Morgan fingerprint density at radius 2 is 1.58 bits per heavy atom. The van der Waals surface area contributed by atoms with Crippen LogP contribution in [0.2, 0.25) is 0 Å². The number of para-hydroxylation sites is 2. The molecule has 0 aromatic heterocycles. The molecular weight excluding hydrogens is 330 g/mol. The van der Waals surface area contributed by atoms with Crippen molar-refractivity contribution in [2.75, 3.05) is 26.3 Å². The number of hydrogen-bond donors (Lipinski definition) is 0. The van der Waals surface area contributed by atoms with Gasteiger partial charge >= 0.3 is 0 Å². The summed E-state index contributed by atoms with van der Waals surface area (Å²) in [5.41, 5.74) is 0.600. The number of nitrogens with zero attached hydrogens (tertiary/aromatic N) is 1. The van der Waals surface area contributed by atoms with Gasteiger partial charge in [-0.2, -0.15) is 0 Å². The molecule has 5 nitrogen and oxygen atoms in total. The van der Waals surface area contributed by atoms with Crippen molar-refractivity contribution in [3.63, 3.8) is 0 Å². The van der Waals surface area contributed by atoms with Crippen LogP contribution in [-0.2, 0) is 9.47 Å². The van der Waals surface area contributed by atoms with E-state index < -0.39 is 0 Å². The molecule has 2 fully saturated rings. The molecular formula is C21H23NO4. The zero-order chi connectivity index (χ0) is 17.8. The SMILES string of the molecule is O=C(c1ccccc1Oc1ccccc1)N1CCC(C2OCCO2)CC1. The highest BCUT2D eigenvalue weighted by atomic mass is 16.7. The van der Waals surface area contributed by atoms with E-state index in [1.54, 1.807) is 0 Å².